The van der Waals surface area contributed by atoms with Crippen molar-refractivity contribution in [1.82, 2.24) is 0 Å². The summed E-state index contributed by atoms with van der Waals surface area (Å²) in [6.07, 6.45) is -8.74. The minimum atomic E-state index is -1.83. The molecule has 0 radical (unpaired) electrons. The summed E-state index contributed by atoms with van der Waals surface area (Å²) in [5.74, 6) is -2.05. The number of carbonyl (C=O) groups excluding carboxylic acids is 1. The number of ether oxygens (including phenoxy) is 3. The van der Waals surface area contributed by atoms with E-state index in [4.69, 9.17) is 14.2 Å². The van der Waals surface area contributed by atoms with E-state index < -0.39 is 36.7 Å². The van der Waals surface area contributed by atoms with Crippen molar-refractivity contribution in [3.63, 3.8) is 0 Å². The molecule has 1 heterocycles. The summed E-state index contributed by atoms with van der Waals surface area (Å²) >= 11 is 0. The second kappa shape index (κ2) is 9.40. The van der Waals surface area contributed by atoms with Gasteiger partial charge in [0.1, 0.15) is 24.1 Å². The molecule has 0 saturated carbocycles. The minimum Gasteiger partial charge on any atom is -0.479 e. The normalized spacial score (nSPS) is 27.2. The van der Waals surface area contributed by atoms with Gasteiger partial charge in [-0.05, 0) is 38.5 Å². The lowest BCUT2D eigenvalue weighted by molar-refractivity contribution is -0.271. The Balaban J connectivity index is 2.32. The topological polar surface area (TPSA) is 143 Å². The molecule has 1 aliphatic heterocycles. The van der Waals surface area contributed by atoms with E-state index >= 15 is 0 Å². The Morgan fingerprint density at radius 1 is 1.10 bits per heavy atom. The lowest BCUT2D eigenvalue weighted by Gasteiger charge is -2.38. The highest BCUT2D eigenvalue weighted by Gasteiger charge is 2.48. The van der Waals surface area contributed by atoms with Crippen LogP contribution in [0.15, 0.2) is 18.2 Å². The minimum absolute atomic E-state index is 0.0602. The van der Waals surface area contributed by atoms with E-state index in [2.05, 4.69) is 0 Å². The molecule has 0 bridgehead atoms. The average Bonchev–Trinajstić information content (AvgIpc) is 2.65. The zero-order valence-corrected chi connectivity index (χ0v) is 17.7. The van der Waals surface area contributed by atoms with Gasteiger partial charge in [0, 0.05) is 5.92 Å². The van der Waals surface area contributed by atoms with Crippen molar-refractivity contribution >= 4 is 11.8 Å². The number of carbonyl (C=O) groups is 2. The van der Waals surface area contributed by atoms with E-state index in [1.165, 1.54) is 6.07 Å². The van der Waals surface area contributed by atoms with Crippen LogP contribution in [-0.4, -0.2) is 68.5 Å². The number of rotatable bonds is 7. The van der Waals surface area contributed by atoms with E-state index in [0.717, 1.165) is 5.56 Å². The van der Waals surface area contributed by atoms with Crippen LogP contribution in [0.1, 0.15) is 50.5 Å². The Morgan fingerprint density at radius 2 is 1.73 bits per heavy atom. The molecule has 30 heavy (non-hydrogen) atoms. The van der Waals surface area contributed by atoms with Crippen LogP contribution in [0.5, 0.6) is 5.75 Å². The van der Waals surface area contributed by atoms with Crippen molar-refractivity contribution in [2.75, 3.05) is 0 Å². The molecule has 0 aliphatic carbocycles. The number of carboxylic acid groups (broad SMARTS) is 1. The zero-order valence-electron chi connectivity index (χ0n) is 17.7. The Bertz CT molecular complexity index is 768. The van der Waals surface area contributed by atoms with Crippen molar-refractivity contribution in [1.29, 1.82) is 0 Å². The molecule has 1 aromatic carbocycles. The lowest BCUT2D eigenvalue weighted by atomic mass is 9.97. The highest BCUT2D eigenvalue weighted by molar-refractivity contribution is 6.00. The Morgan fingerprint density at radius 3 is 2.27 bits per heavy atom. The van der Waals surface area contributed by atoms with Crippen LogP contribution in [0.25, 0.3) is 0 Å². The third-order valence-corrected chi connectivity index (χ3v) is 4.56. The molecule has 1 aliphatic rings. The van der Waals surface area contributed by atoms with Gasteiger partial charge in [-0.2, -0.15) is 0 Å². The predicted molar refractivity (Wildman–Crippen MR) is 105 cm³/mol. The first-order chi connectivity index (χ1) is 13.8. The van der Waals surface area contributed by atoms with Crippen LogP contribution in [-0.2, 0) is 20.9 Å². The fourth-order valence-corrected chi connectivity index (χ4v) is 2.85. The summed E-state index contributed by atoms with van der Waals surface area (Å²) < 4.78 is 16.5. The monoisotopic (exact) mass is 426 g/mol. The van der Waals surface area contributed by atoms with Crippen LogP contribution in [0.2, 0.25) is 0 Å². The van der Waals surface area contributed by atoms with Crippen molar-refractivity contribution in [3.05, 3.63) is 29.3 Å². The van der Waals surface area contributed by atoms with Gasteiger partial charge in [-0.25, -0.2) is 4.79 Å². The first-order valence-electron chi connectivity index (χ1n) is 9.72. The number of aliphatic hydroxyl groups excluding tert-OH is 3. The average molecular weight is 426 g/mol. The quantitative estimate of drug-likeness (QED) is 0.472. The number of hydrogen-bond donors (Lipinski definition) is 4. The molecular weight excluding hydrogens is 396 g/mol. The van der Waals surface area contributed by atoms with E-state index in [1.807, 2.05) is 20.8 Å². The molecule has 1 fully saturated rings. The number of ketones is 1. The first-order valence-corrected chi connectivity index (χ1v) is 9.72. The largest absolute Gasteiger partial charge is 0.479 e. The predicted octanol–water partition coefficient (Wildman–Crippen LogP) is 1.11. The first kappa shape index (κ1) is 24.2. The summed E-state index contributed by atoms with van der Waals surface area (Å²) in [7, 11) is 0. The molecule has 0 unspecified atom stereocenters. The van der Waals surface area contributed by atoms with E-state index in [9.17, 15) is 30.0 Å². The van der Waals surface area contributed by atoms with Gasteiger partial charge in [-0.3, -0.25) is 4.79 Å². The zero-order chi connectivity index (χ0) is 22.8. The maximum Gasteiger partial charge on any atom is 0.335 e. The van der Waals surface area contributed by atoms with Crippen LogP contribution < -0.4 is 4.74 Å². The van der Waals surface area contributed by atoms with Gasteiger partial charge in [0.2, 0.25) is 6.29 Å². The fraction of sp³-hybridized carbons (Fsp3) is 0.619. The molecule has 1 aromatic rings. The number of hydrogen-bond acceptors (Lipinski definition) is 8. The van der Waals surface area contributed by atoms with Crippen LogP contribution in [0.3, 0.4) is 0 Å². The number of Topliss-reactive ketones (excluding diaryl/α,β-unsaturated/α-hetero) is 1. The second-order valence-electron chi connectivity index (χ2n) is 8.60. The maximum atomic E-state index is 12.7. The van der Waals surface area contributed by atoms with E-state index in [1.54, 1.807) is 26.0 Å². The van der Waals surface area contributed by atoms with Gasteiger partial charge in [-0.15, -0.1) is 0 Å². The number of aliphatic carboxylic acids is 1. The molecule has 0 spiro atoms. The van der Waals surface area contributed by atoms with Gasteiger partial charge in [-0.1, -0.05) is 19.9 Å². The van der Waals surface area contributed by atoms with Gasteiger partial charge in [0.05, 0.1) is 17.8 Å². The summed E-state index contributed by atoms with van der Waals surface area (Å²) in [5.41, 5.74) is 0.564. The second-order valence-corrected chi connectivity index (χ2v) is 8.60. The number of carboxylic acids is 1. The third kappa shape index (κ3) is 5.77. The fourth-order valence-electron chi connectivity index (χ4n) is 2.85. The van der Waals surface area contributed by atoms with Crippen LogP contribution >= 0.6 is 0 Å². The molecule has 168 valence electrons. The van der Waals surface area contributed by atoms with Crippen molar-refractivity contribution in [2.45, 2.75) is 77.5 Å². The van der Waals surface area contributed by atoms with Crippen molar-refractivity contribution < 1.29 is 44.2 Å². The molecule has 0 amide bonds. The third-order valence-electron chi connectivity index (χ3n) is 4.56. The smallest absolute Gasteiger partial charge is 0.335 e. The Kier molecular flexibility index (Phi) is 7.59. The van der Waals surface area contributed by atoms with Crippen LogP contribution in [0, 0.1) is 5.92 Å². The molecule has 0 aromatic heterocycles. The van der Waals surface area contributed by atoms with Gasteiger partial charge < -0.3 is 34.6 Å². The van der Waals surface area contributed by atoms with Gasteiger partial charge in [0.15, 0.2) is 11.9 Å². The number of benzene rings is 1. The molecule has 4 N–H and O–H groups in total. The molecule has 9 nitrogen and oxygen atoms in total. The Hall–Kier alpha value is -2.04. The SMILES string of the molecule is CC(C)C(=O)c1cc(COC(C)(C)C)ccc1O[C@@H]1O[C@H](C(=O)O)[C@H](O)[C@H](O)[C@H]1O. The highest BCUT2D eigenvalue weighted by atomic mass is 16.7. The Labute approximate surface area is 175 Å². The van der Waals surface area contributed by atoms with Crippen molar-refractivity contribution in [3.8, 4) is 5.75 Å². The maximum absolute atomic E-state index is 12.7. The molecule has 5 atom stereocenters. The number of aliphatic hydroxyl groups is 3. The molecule has 2 rings (SSSR count). The lowest BCUT2D eigenvalue weighted by Crippen LogP contribution is -2.61. The van der Waals surface area contributed by atoms with E-state index in [0.29, 0.717) is 0 Å². The molecular formula is C21H30O9. The summed E-state index contributed by atoms with van der Waals surface area (Å²) in [5, 5.41) is 39.1. The van der Waals surface area contributed by atoms with E-state index in [-0.39, 0.29) is 35.2 Å². The van der Waals surface area contributed by atoms with Crippen molar-refractivity contribution in [2.24, 2.45) is 5.92 Å². The molecule has 1 saturated heterocycles. The summed E-state index contributed by atoms with van der Waals surface area (Å²) in [6, 6.07) is 4.78. The standard InChI is InChI=1S/C21H30O9/c1-10(2)14(22)12-8-11(9-28-21(3,4)5)6-7-13(12)29-20-17(25)15(23)16(24)18(30-20)19(26)27/h6-8,10,15-18,20,23-25H,9H2,1-5H3,(H,26,27)/t15-,16+,17+,18-,20+/m0/s1. The molecule has 9 heteroatoms. The highest BCUT2D eigenvalue weighted by Crippen LogP contribution is 2.29. The van der Waals surface area contributed by atoms with Crippen LogP contribution in [0.4, 0.5) is 0 Å². The van der Waals surface area contributed by atoms with Gasteiger partial charge >= 0.3 is 5.97 Å². The summed E-state index contributed by atoms with van der Waals surface area (Å²) in [6.45, 7) is 9.42. The summed E-state index contributed by atoms with van der Waals surface area (Å²) in [4.78, 5) is 24.0. The van der Waals surface area contributed by atoms with Gasteiger partial charge in [0.25, 0.3) is 0 Å².